The Labute approximate surface area is 83.1 Å². The van der Waals surface area contributed by atoms with Gasteiger partial charge in [-0.05, 0) is 5.75 Å². The van der Waals surface area contributed by atoms with Crippen molar-refractivity contribution in [2.24, 2.45) is 0 Å². The molecule has 5 heteroatoms. The molecule has 1 aromatic heterocycles. The lowest BCUT2D eigenvalue weighted by atomic mass is 10.6. The van der Waals surface area contributed by atoms with Gasteiger partial charge in [-0.3, -0.25) is 4.68 Å². The van der Waals surface area contributed by atoms with E-state index in [1.807, 2.05) is 22.6 Å². The Morgan fingerprint density at radius 1 is 1.46 bits per heavy atom. The summed E-state index contributed by atoms with van der Waals surface area (Å²) in [5.41, 5.74) is 0. The summed E-state index contributed by atoms with van der Waals surface area (Å²) >= 11 is 1.96. The van der Waals surface area contributed by atoms with E-state index in [2.05, 4.69) is 22.6 Å². The highest BCUT2D eigenvalue weighted by Crippen LogP contribution is 1.94. The van der Waals surface area contributed by atoms with Gasteiger partial charge in [-0.25, -0.2) is 0 Å². The van der Waals surface area contributed by atoms with Crippen LogP contribution in [0.1, 0.15) is 6.92 Å². The molecule has 4 nitrogen and oxygen atoms in total. The van der Waals surface area contributed by atoms with Gasteiger partial charge in [0.05, 0.1) is 12.7 Å². The van der Waals surface area contributed by atoms with Crippen molar-refractivity contribution in [1.82, 2.24) is 20.3 Å². The average molecular weight is 200 g/mol. The zero-order chi connectivity index (χ0) is 9.36. The maximum absolute atomic E-state index is 3.87. The minimum atomic E-state index is 0.900. The fourth-order valence-corrected chi connectivity index (χ4v) is 1.54. The van der Waals surface area contributed by atoms with Gasteiger partial charge >= 0.3 is 0 Å². The molecular weight excluding hydrogens is 184 g/mol. The molecule has 0 atom stereocenters. The van der Waals surface area contributed by atoms with Crippen LogP contribution in [0.15, 0.2) is 12.4 Å². The molecule has 74 valence electrons. The third-order valence-corrected chi connectivity index (χ3v) is 2.52. The molecule has 0 aliphatic heterocycles. The summed E-state index contributed by atoms with van der Waals surface area (Å²) in [5.74, 6) is 2.39. The predicted octanol–water partition coefficient (Wildman–Crippen LogP) is 0.621. The Bertz CT molecular complexity index is 200. The Morgan fingerprint density at radius 2 is 2.38 bits per heavy atom. The quantitative estimate of drug-likeness (QED) is 0.655. The van der Waals surface area contributed by atoms with Crippen LogP contribution in [0.3, 0.4) is 0 Å². The number of rotatable bonds is 7. The summed E-state index contributed by atoms with van der Waals surface area (Å²) in [6, 6.07) is 0. The van der Waals surface area contributed by atoms with E-state index in [4.69, 9.17) is 0 Å². The van der Waals surface area contributed by atoms with Crippen molar-refractivity contribution < 1.29 is 0 Å². The van der Waals surface area contributed by atoms with Crippen LogP contribution in [-0.4, -0.2) is 39.6 Å². The van der Waals surface area contributed by atoms with Crippen molar-refractivity contribution >= 4 is 11.8 Å². The standard InChI is InChI=1S/C8H16N4S/c1-2-13-8-5-9-3-6-12-7-4-10-11-12/h4,7,9H,2-3,5-6,8H2,1H3. The number of thioether (sulfide) groups is 1. The predicted molar refractivity (Wildman–Crippen MR) is 55.9 cm³/mol. The van der Waals surface area contributed by atoms with Crippen molar-refractivity contribution in [1.29, 1.82) is 0 Å². The highest BCUT2D eigenvalue weighted by Gasteiger charge is 1.90. The van der Waals surface area contributed by atoms with E-state index in [1.54, 1.807) is 6.20 Å². The highest BCUT2D eigenvalue weighted by atomic mass is 32.2. The minimum Gasteiger partial charge on any atom is -0.314 e. The number of nitrogens with one attached hydrogen (secondary N) is 1. The summed E-state index contributed by atoms with van der Waals surface area (Å²) in [6.07, 6.45) is 3.58. The molecule has 1 heterocycles. The van der Waals surface area contributed by atoms with Crippen molar-refractivity contribution in [2.75, 3.05) is 24.6 Å². The second-order valence-electron chi connectivity index (χ2n) is 2.61. The van der Waals surface area contributed by atoms with E-state index >= 15 is 0 Å². The van der Waals surface area contributed by atoms with E-state index in [0.29, 0.717) is 0 Å². The van der Waals surface area contributed by atoms with Crippen molar-refractivity contribution in [3.8, 4) is 0 Å². The van der Waals surface area contributed by atoms with Gasteiger partial charge in [0.2, 0.25) is 0 Å². The van der Waals surface area contributed by atoms with Gasteiger partial charge in [0.1, 0.15) is 0 Å². The molecule has 1 aromatic rings. The maximum atomic E-state index is 3.87. The fraction of sp³-hybridized carbons (Fsp3) is 0.750. The normalized spacial score (nSPS) is 10.5. The van der Waals surface area contributed by atoms with E-state index < -0.39 is 0 Å². The molecule has 0 aliphatic carbocycles. The summed E-state index contributed by atoms with van der Waals surface area (Å²) in [6.45, 7) is 5.12. The van der Waals surface area contributed by atoms with Gasteiger partial charge in [0, 0.05) is 25.0 Å². The molecule has 0 aromatic carbocycles. The Hall–Kier alpha value is -0.550. The third-order valence-electron chi connectivity index (χ3n) is 1.62. The zero-order valence-electron chi connectivity index (χ0n) is 7.94. The lowest BCUT2D eigenvalue weighted by molar-refractivity contribution is 0.550. The first kappa shape index (κ1) is 10.5. The SMILES string of the molecule is CCSCCNCCn1ccnn1. The number of nitrogens with zero attached hydrogens (tertiary/aromatic N) is 3. The van der Waals surface area contributed by atoms with E-state index in [0.717, 1.165) is 19.6 Å². The third kappa shape index (κ3) is 4.90. The van der Waals surface area contributed by atoms with Crippen molar-refractivity contribution in [2.45, 2.75) is 13.5 Å². The lowest BCUT2D eigenvalue weighted by Gasteiger charge is -2.03. The first-order valence-electron chi connectivity index (χ1n) is 4.56. The van der Waals surface area contributed by atoms with Gasteiger partial charge in [0.25, 0.3) is 0 Å². The molecule has 13 heavy (non-hydrogen) atoms. The molecule has 0 bridgehead atoms. The van der Waals surface area contributed by atoms with E-state index in [-0.39, 0.29) is 0 Å². The Balaban J connectivity index is 1.90. The first-order valence-corrected chi connectivity index (χ1v) is 5.71. The molecule has 0 fully saturated rings. The van der Waals surface area contributed by atoms with Crippen LogP contribution < -0.4 is 5.32 Å². The summed E-state index contributed by atoms with van der Waals surface area (Å²) in [5, 5.41) is 11.0. The topological polar surface area (TPSA) is 42.7 Å². The molecule has 0 radical (unpaired) electrons. The molecule has 0 unspecified atom stereocenters. The first-order chi connectivity index (χ1) is 6.43. The maximum Gasteiger partial charge on any atom is 0.0692 e. The van der Waals surface area contributed by atoms with E-state index in [1.165, 1.54) is 11.5 Å². The molecule has 0 spiro atoms. The van der Waals surface area contributed by atoms with Gasteiger partial charge in [-0.1, -0.05) is 12.1 Å². The van der Waals surface area contributed by atoms with Crippen LogP contribution in [0, 0.1) is 0 Å². The summed E-state index contributed by atoms with van der Waals surface area (Å²) < 4.78 is 1.83. The van der Waals surface area contributed by atoms with Gasteiger partial charge in [-0.15, -0.1) is 5.10 Å². The van der Waals surface area contributed by atoms with Gasteiger partial charge < -0.3 is 5.32 Å². The zero-order valence-corrected chi connectivity index (χ0v) is 8.76. The molecule has 0 amide bonds. The highest BCUT2D eigenvalue weighted by molar-refractivity contribution is 7.99. The molecule has 0 saturated heterocycles. The van der Waals surface area contributed by atoms with Crippen LogP contribution in [0.5, 0.6) is 0 Å². The second-order valence-corrected chi connectivity index (χ2v) is 4.01. The average Bonchev–Trinajstić information content (AvgIpc) is 2.63. The van der Waals surface area contributed by atoms with Crippen molar-refractivity contribution in [3.05, 3.63) is 12.4 Å². The van der Waals surface area contributed by atoms with Gasteiger partial charge in [0.15, 0.2) is 0 Å². The van der Waals surface area contributed by atoms with E-state index in [9.17, 15) is 0 Å². The van der Waals surface area contributed by atoms with Crippen LogP contribution in [0.2, 0.25) is 0 Å². The number of aromatic nitrogens is 3. The molecule has 1 N–H and O–H groups in total. The Kier molecular flexibility index (Phi) is 5.60. The molecular formula is C8H16N4S. The Morgan fingerprint density at radius 3 is 3.08 bits per heavy atom. The molecule has 1 rings (SSSR count). The summed E-state index contributed by atoms with van der Waals surface area (Å²) in [7, 11) is 0. The van der Waals surface area contributed by atoms with Crippen LogP contribution in [0.25, 0.3) is 0 Å². The molecule has 0 aliphatic rings. The van der Waals surface area contributed by atoms with Crippen molar-refractivity contribution in [3.63, 3.8) is 0 Å². The van der Waals surface area contributed by atoms with Crippen LogP contribution >= 0.6 is 11.8 Å². The van der Waals surface area contributed by atoms with Crippen LogP contribution in [-0.2, 0) is 6.54 Å². The second kappa shape index (κ2) is 6.91. The summed E-state index contributed by atoms with van der Waals surface area (Å²) in [4.78, 5) is 0. The minimum absolute atomic E-state index is 0.900. The largest absolute Gasteiger partial charge is 0.314 e. The smallest absolute Gasteiger partial charge is 0.0692 e. The van der Waals surface area contributed by atoms with Gasteiger partial charge in [-0.2, -0.15) is 11.8 Å². The molecule has 0 saturated carbocycles. The number of hydrogen-bond donors (Lipinski definition) is 1. The fourth-order valence-electron chi connectivity index (χ4n) is 0.959. The monoisotopic (exact) mass is 200 g/mol. The number of hydrogen-bond acceptors (Lipinski definition) is 4. The lowest BCUT2D eigenvalue weighted by Crippen LogP contribution is -2.22. The van der Waals surface area contributed by atoms with Crippen LogP contribution in [0.4, 0.5) is 0 Å².